The Labute approximate surface area is 284 Å². The normalized spacial score (nSPS) is 15.0. The molecule has 2 aliphatic rings. The summed E-state index contributed by atoms with van der Waals surface area (Å²) in [7, 11) is -4.19. The first-order chi connectivity index (χ1) is 23.3. The van der Waals surface area contributed by atoms with Gasteiger partial charge in [-0.05, 0) is 97.6 Å². The zero-order valence-corrected chi connectivity index (χ0v) is 29.9. The quantitative estimate of drug-likeness (QED) is 0.164. The van der Waals surface area contributed by atoms with Gasteiger partial charge in [-0.3, -0.25) is 0 Å². The van der Waals surface area contributed by atoms with Crippen molar-refractivity contribution in [2.45, 2.75) is 26.2 Å². The molecule has 2 aliphatic heterocycles. The lowest BCUT2D eigenvalue weighted by Crippen LogP contribution is -2.63. The molecule has 0 nitrogen and oxygen atoms in total. The number of fused-ring (bicyclic) bond motifs is 12. The van der Waals surface area contributed by atoms with E-state index in [1.165, 1.54) is 76.8 Å². The van der Waals surface area contributed by atoms with Gasteiger partial charge in [0.1, 0.15) is 16.1 Å². The van der Waals surface area contributed by atoms with E-state index in [9.17, 15) is 0 Å². The van der Waals surface area contributed by atoms with E-state index in [1.807, 2.05) is 0 Å². The smallest absolute Gasteiger partial charge is 0.0616 e. The van der Waals surface area contributed by atoms with Crippen molar-refractivity contribution in [3.05, 3.63) is 146 Å². The van der Waals surface area contributed by atoms with Crippen molar-refractivity contribution in [1.82, 2.24) is 0 Å². The van der Waals surface area contributed by atoms with Crippen molar-refractivity contribution >= 4 is 69.2 Å². The molecule has 0 saturated carbocycles. The van der Waals surface area contributed by atoms with Gasteiger partial charge in [0.05, 0.1) is 0 Å². The monoisotopic (exact) mass is 644 g/mol. The van der Waals surface area contributed by atoms with E-state index in [2.05, 4.69) is 172 Å². The Morgan fingerprint density at radius 3 is 1.15 bits per heavy atom. The van der Waals surface area contributed by atoms with E-state index in [1.54, 1.807) is 20.7 Å². The molecule has 0 aromatic heterocycles. The maximum atomic E-state index is 2.62. The van der Waals surface area contributed by atoms with Gasteiger partial charge in [0.2, 0.25) is 0 Å². The molecule has 8 aromatic carbocycles. The lowest BCUT2D eigenvalue weighted by molar-refractivity contribution is 1.66. The van der Waals surface area contributed by atoms with Gasteiger partial charge in [0, 0.05) is 0 Å². The van der Waals surface area contributed by atoms with Crippen molar-refractivity contribution in [2.24, 2.45) is 0 Å². The molecule has 0 bridgehead atoms. The molecule has 10 rings (SSSR count). The van der Waals surface area contributed by atoms with Gasteiger partial charge in [-0.25, -0.2) is 0 Å². The highest BCUT2D eigenvalue weighted by molar-refractivity contribution is 7.13. The van der Waals surface area contributed by atoms with Crippen LogP contribution in [0.25, 0.3) is 76.8 Å². The van der Waals surface area contributed by atoms with Gasteiger partial charge >= 0.3 is 0 Å². The summed E-state index contributed by atoms with van der Waals surface area (Å²) in [5, 5.41) is 14.6. The van der Waals surface area contributed by atoms with Gasteiger partial charge in [0.25, 0.3) is 0 Å². The fourth-order valence-corrected chi connectivity index (χ4v) is 17.9. The Kier molecular flexibility index (Phi) is 5.70. The van der Waals surface area contributed by atoms with E-state index in [0.29, 0.717) is 0 Å². The van der Waals surface area contributed by atoms with Crippen LogP contribution in [0.4, 0.5) is 0 Å². The molecule has 8 aromatic rings. The third-order valence-electron chi connectivity index (χ3n) is 11.6. The minimum atomic E-state index is -2.09. The third-order valence-corrected chi connectivity index (χ3v) is 18.9. The molecule has 0 spiro atoms. The summed E-state index contributed by atoms with van der Waals surface area (Å²) in [6.07, 6.45) is 0. The van der Waals surface area contributed by atoms with Crippen molar-refractivity contribution < 1.29 is 0 Å². The Bertz CT molecular complexity index is 2480. The van der Waals surface area contributed by atoms with Crippen molar-refractivity contribution in [2.75, 3.05) is 0 Å². The third kappa shape index (κ3) is 3.65. The van der Waals surface area contributed by atoms with E-state index >= 15 is 0 Å². The highest BCUT2D eigenvalue weighted by atomic mass is 28.3. The fraction of sp³-hybridized carbons (Fsp3) is 0.0870. The second kappa shape index (κ2) is 9.76. The Morgan fingerprint density at radius 2 is 0.708 bits per heavy atom. The van der Waals surface area contributed by atoms with Crippen LogP contribution in [0.15, 0.2) is 146 Å². The molecule has 0 amide bonds. The molecule has 2 heterocycles. The molecule has 0 saturated heterocycles. The molecule has 0 N–H and O–H groups in total. The summed E-state index contributed by atoms with van der Waals surface area (Å²) in [5.74, 6) is 0. The second-order valence-electron chi connectivity index (χ2n) is 14.9. The maximum Gasteiger partial charge on any atom is 0.113 e. The van der Waals surface area contributed by atoms with Gasteiger partial charge in [-0.1, -0.05) is 172 Å². The molecular weight excluding hydrogens is 609 g/mol. The Morgan fingerprint density at radius 1 is 0.333 bits per heavy atom. The van der Waals surface area contributed by atoms with E-state index in [0.717, 1.165) is 0 Å². The molecule has 48 heavy (non-hydrogen) atoms. The number of hydrogen-bond acceptors (Lipinski definition) is 0. The summed E-state index contributed by atoms with van der Waals surface area (Å²) in [4.78, 5) is 0. The van der Waals surface area contributed by atoms with E-state index in [-0.39, 0.29) is 0 Å². The molecule has 228 valence electrons. The minimum absolute atomic E-state index is 1.30. The Hall–Kier alpha value is -5.03. The van der Waals surface area contributed by atoms with Crippen LogP contribution in [0.3, 0.4) is 0 Å². The molecular formula is C46H36Si2. The average Bonchev–Trinajstić information content (AvgIpc) is 3.50. The largest absolute Gasteiger partial charge is 0.113 e. The second-order valence-corrected chi connectivity index (χ2v) is 23.4. The topological polar surface area (TPSA) is 0 Å². The first-order valence-electron chi connectivity index (χ1n) is 17.2. The molecule has 0 radical (unpaired) electrons. The maximum absolute atomic E-state index is 2.62. The van der Waals surface area contributed by atoms with Crippen LogP contribution in [0, 0.1) is 0 Å². The van der Waals surface area contributed by atoms with Crippen LogP contribution >= 0.6 is 0 Å². The number of hydrogen-bond donors (Lipinski definition) is 0. The number of benzene rings is 8. The summed E-state index contributed by atoms with van der Waals surface area (Å²) in [6, 6.07) is 55.2. The van der Waals surface area contributed by atoms with Crippen LogP contribution in [-0.2, 0) is 0 Å². The Balaban J connectivity index is 1.22. The van der Waals surface area contributed by atoms with Gasteiger partial charge in [-0.15, -0.1) is 0 Å². The van der Waals surface area contributed by atoms with Crippen molar-refractivity contribution in [1.29, 1.82) is 0 Å². The van der Waals surface area contributed by atoms with Crippen molar-refractivity contribution in [3.8, 4) is 44.5 Å². The van der Waals surface area contributed by atoms with Gasteiger partial charge in [-0.2, -0.15) is 0 Å². The van der Waals surface area contributed by atoms with Gasteiger partial charge < -0.3 is 0 Å². The summed E-state index contributed by atoms with van der Waals surface area (Å²) in [6.45, 7) is 10.5. The molecule has 2 heteroatoms. The number of rotatable bonds is 2. The highest BCUT2D eigenvalue weighted by Gasteiger charge is 2.49. The van der Waals surface area contributed by atoms with Crippen LogP contribution in [0.2, 0.25) is 26.2 Å². The average molecular weight is 645 g/mol. The lowest BCUT2D eigenvalue weighted by atomic mass is 9.90. The molecule has 0 unspecified atom stereocenters. The zero-order valence-electron chi connectivity index (χ0n) is 27.9. The highest BCUT2D eigenvalue weighted by Crippen LogP contribution is 2.43. The predicted octanol–water partition coefficient (Wildman–Crippen LogP) is 10.1. The van der Waals surface area contributed by atoms with Crippen LogP contribution in [0.5, 0.6) is 0 Å². The first kappa shape index (κ1) is 28.0. The summed E-state index contributed by atoms with van der Waals surface area (Å²) < 4.78 is 0. The molecule has 0 fully saturated rings. The minimum Gasteiger partial charge on any atom is -0.0616 e. The van der Waals surface area contributed by atoms with Crippen LogP contribution < -0.4 is 20.7 Å². The zero-order chi connectivity index (χ0) is 32.4. The summed E-state index contributed by atoms with van der Waals surface area (Å²) in [5.41, 5.74) is 11.3. The summed E-state index contributed by atoms with van der Waals surface area (Å²) >= 11 is 0. The SMILES string of the molecule is C[Si]1(C)c2cc(-c3cccc4ccccc34)ccc2-c2c1c1c(c3ccccc23)-c2ccc(-c3cccc4ccccc34)cc2[Si]1(C)C. The van der Waals surface area contributed by atoms with Gasteiger partial charge in [0.15, 0.2) is 0 Å². The van der Waals surface area contributed by atoms with Crippen molar-refractivity contribution in [3.63, 3.8) is 0 Å². The molecule has 0 aliphatic carbocycles. The van der Waals surface area contributed by atoms with Crippen LogP contribution in [0.1, 0.15) is 0 Å². The van der Waals surface area contributed by atoms with E-state index < -0.39 is 16.1 Å². The van der Waals surface area contributed by atoms with E-state index in [4.69, 9.17) is 0 Å². The standard InChI is InChI=1S/C46H36Si2/c1-47(2)41-27-31(35-21-11-15-29-13-5-7-17-33(29)35)23-25-39(41)43-37-19-9-10-20-38(37)44-40-26-24-32(28-42(40)48(3,4)46(44)45(43)47)36-22-12-16-30-14-6-8-18-34(30)36/h5-28H,1-4H3. The first-order valence-corrected chi connectivity index (χ1v) is 23.2. The fourth-order valence-electron chi connectivity index (χ4n) is 9.37. The van der Waals surface area contributed by atoms with Crippen LogP contribution in [-0.4, -0.2) is 16.1 Å². The lowest BCUT2D eigenvalue weighted by Gasteiger charge is -2.29. The molecule has 0 atom stereocenters. The predicted molar refractivity (Wildman–Crippen MR) is 214 cm³/mol.